The summed E-state index contributed by atoms with van der Waals surface area (Å²) in [7, 11) is 0. The third kappa shape index (κ3) is 14.9. The Balaban J connectivity index is 2.95. The minimum absolute atomic E-state index is 0.0680. The highest BCUT2D eigenvalue weighted by Gasteiger charge is 1.88. The van der Waals surface area contributed by atoms with Crippen LogP contribution >= 0.6 is 12.9 Å². The van der Waals surface area contributed by atoms with Gasteiger partial charge in [-0.1, -0.05) is 31.9 Å². The fourth-order valence-electron chi connectivity index (χ4n) is 1.01. The molecule has 0 amide bonds. The average molecular weight is 289 g/mol. The molecule has 0 saturated carbocycles. The highest BCUT2D eigenvalue weighted by atomic mass is 79.9. The predicted octanol–water partition coefficient (Wildman–Crippen LogP) is 3.55. The van der Waals surface area contributed by atoms with E-state index in [0.29, 0.717) is 6.79 Å². The van der Waals surface area contributed by atoms with Crippen LogP contribution < -0.4 is 0 Å². The Labute approximate surface area is 109 Å². The lowest BCUT2D eigenvalue weighted by Crippen LogP contribution is -2.02. The van der Waals surface area contributed by atoms with Gasteiger partial charge in [-0.3, -0.25) is 0 Å². The number of hydrogen-bond acceptors (Lipinski definition) is 2. The van der Waals surface area contributed by atoms with Gasteiger partial charge in [0, 0.05) is 6.61 Å². The fraction of sp³-hybridized carbons (Fsp3) is 0.818. The zero-order valence-corrected chi connectivity index (χ0v) is 12.7. The molecule has 0 fully saturated rings. The Bertz CT molecular complexity index is 143. The van der Waals surface area contributed by atoms with Crippen molar-refractivity contribution in [1.29, 1.82) is 0 Å². The smallest absolute Gasteiger partial charge is 0.355 e. The Hall–Kier alpha value is 0.906. The average Bonchev–Trinajstić information content (AvgIpc) is 2.26. The van der Waals surface area contributed by atoms with Gasteiger partial charge in [0.1, 0.15) is 6.79 Å². The fourth-order valence-corrected chi connectivity index (χ4v) is 2.37. The lowest BCUT2D eigenvalue weighted by molar-refractivity contribution is -0.0528. The molecule has 0 aliphatic carbocycles. The van der Waals surface area contributed by atoms with Gasteiger partial charge in [-0.05, 0) is 12.8 Å². The Morgan fingerprint density at radius 2 is 1.87 bits per heavy atom. The molecule has 0 aromatic rings. The molecule has 0 aromatic carbocycles. The lowest BCUT2D eigenvalue weighted by Gasteiger charge is -2.03. The second-order valence-electron chi connectivity index (χ2n) is 3.38. The van der Waals surface area contributed by atoms with Gasteiger partial charge in [0.05, 0.1) is 6.61 Å². The van der Waals surface area contributed by atoms with Crippen LogP contribution in [0.2, 0.25) is 4.55 Å². The van der Waals surface area contributed by atoms with Crippen LogP contribution in [0.3, 0.4) is 0 Å². The Morgan fingerprint density at radius 1 is 1.13 bits per heavy atom. The van der Waals surface area contributed by atoms with Crippen molar-refractivity contribution in [2.24, 2.45) is 0 Å². The summed E-state index contributed by atoms with van der Waals surface area (Å²) in [6.07, 6.45) is 8.96. The Kier molecular flexibility index (Phi) is 15.8. The van der Waals surface area contributed by atoms with Gasteiger partial charge in [0.25, 0.3) is 0 Å². The molecule has 0 saturated heterocycles. The van der Waals surface area contributed by atoms with Crippen molar-refractivity contribution in [2.75, 3.05) is 20.0 Å². The van der Waals surface area contributed by atoms with Crippen LogP contribution in [-0.2, 0) is 9.47 Å². The van der Waals surface area contributed by atoms with Crippen LogP contribution in [0.5, 0.6) is 0 Å². The molecule has 86 valence electrons. The van der Waals surface area contributed by atoms with Crippen molar-refractivity contribution in [2.45, 2.75) is 37.2 Å². The van der Waals surface area contributed by atoms with Crippen LogP contribution in [0.15, 0.2) is 12.2 Å². The van der Waals surface area contributed by atoms with Gasteiger partial charge in [0.2, 0.25) is 0 Å². The van der Waals surface area contributed by atoms with Crippen molar-refractivity contribution in [3.8, 4) is 0 Å². The lowest BCUT2D eigenvalue weighted by atomic mass is 10.3. The Morgan fingerprint density at radius 3 is 2.60 bits per heavy atom. The van der Waals surface area contributed by atoms with Crippen LogP contribution in [0.1, 0.15) is 32.6 Å². The van der Waals surface area contributed by atoms with Crippen LogP contribution in [-0.4, -0.2) is 38.2 Å². The molecule has 0 rings (SSSR count). The molecule has 0 aromatic heterocycles. The molecule has 2 nitrogen and oxygen atoms in total. The van der Waals surface area contributed by atoms with E-state index in [1.54, 1.807) is 0 Å². The van der Waals surface area contributed by atoms with E-state index in [1.807, 2.05) is 0 Å². The summed E-state index contributed by atoms with van der Waals surface area (Å²) < 4.78 is 11.9. The van der Waals surface area contributed by atoms with Crippen LogP contribution in [0.4, 0.5) is 0 Å². The van der Waals surface area contributed by atoms with E-state index in [0.717, 1.165) is 26.1 Å². The van der Waals surface area contributed by atoms with Crippen molar-refractivity contribution >= 4 is 31.1 Å². The maximum absolute atomic E-state index is 5.31. The summed E-state index contributed by atoms with van der Waals surface area (Å²) in [6, 6.07) is 0. The minimum atomic E-state index is 0.0680. The van der Waals surface area contributed by atoms with Crippen LogP contribution in [0, 0.1) is 0 Å². The number of ether oxygens (including phenoxy) is 2. The van der Waals surface area contributed by atoms with Gasteiger partial charge in [-0.15, -0.1) is 4.55 Å². The zero-order chi connectivity index (χ0) is 11.2. The van der Waals surface area contributed by atoms with Crippen molar-refractivity contribution in [3.63, 3.8) is 0 Å². The number of halogens is 1. The van der Waals surface area contributed by atoms with E-state index in [4.69, 9.17) is 9.47 Å². The molecule has 0 unspecified atom stereocenters. The summed E-state index contributed by atoms with van der Waals surface area (Å²) in [5, 5.41) is 0. The molecule has 0 spiro atoms. The molecule has 0 atom stereocenters. The largest absolute Gasteiger partial charge is 0.468 e. The van der Waals surface area contributed by atoms with E-state index in [1.165, 1.54) is 17.4 Å². The minimum Gasteiger partial charge on any atom is -0.355 e. The third-order valence-electron chi connectivity index (χ3n) is 1.91. The van der Waals surface area contributed by atoms with Gasteiger partial charge in [0.15, 0.2) is 0 Å². The van der Waals surface area contributed by atoms with Gasteiger partial charge in [-0.2, -0.15) is 0 Å². The first kappa shape index (κ1) is 15.9. The summed E-state index contributed by atoms with van der Waals surface area (Å²) in [6.45, 7) is 4.20. The van der Waals surface area contributed by atoms with E-state index in [2.05, 4.69) is 32.0 Å². The van der Waals surface area contributed by atoms with Crippen molar-refractivity contribution < 1.29 is 9.47 Å². The van der Waals surface area contributed by atoms with Crippen LogP contribution in [0.25, 0.3) is 0 Å². The molecule has 4 heteroatoms. The number of rotatable bonds is 11. The topological polar surface area (TPSA) is 18.5 Å². The zero-order valence-electron chi connectivity index (χ0n) is 9.71. The number of unbranched alkanes of at least 4 members (excludes halogenated alkanes) is 1. The molecule has 0 bridgehead atoms. The molecule has 15 heavy (non-hydrogen) atoms. The molecular weight excluding hydrogens is 268 g/mol. The summed E-state index contributed by atoms with van der Waals surface area (Å²) in [5.74, 6) is 0. The molecule has 0 aliphatic heterocycles. The first-order valence-electron chi connectivity index (χ1n) is 5.78. The normalized spacial score (nSPS) is 10.8. The standard InChI is InChI=1S/C11H21O2.BrH.Mg/c1-3-5-7-8-10-13-11-12-9-6-4-2;;/h5,7H,1,3-4,6,8-11H2,2H3;1H;/q;;+1/p-1/b7-5+;;. The highest BCUT2D eigenvalue weighted by Crippen LogP contribution is 1.96. The molecule has 0 heterocycles. The van der Waals surface area contributed by atoms with Gasteiger partial charge in [-0.25, -0.2) is 0 Å². The van der Waals surface area contributed by atoms with Gasteiger partial charge >= 0.3 is 18.2 Å². The van der Waals surface area contributed by atoms with Gasteiger partial charge < -0.3 is 22.4 Å². The van der Waals surface area contributed by atoms with E-state index < -0.39 is 0 Å². The van der Waals surface area contributed by atoms with Crippen molar-refractivity contribution in [1.82, 2.24) is 0 Å². The number of allylic oxidation sites excluding steroid dienone is 1. The van der Waals surface area contributed by atoms with E-state index in [9.17, 15) is 0 Å². The maximum atomic E-state index is 5.31. The third-order valence-corrected chi connectivity index (χ3v) is 4.27. The molecule has 0 radical (unpaired) electrons. The molecular formula is C11H21BrMgO2. The molecule has 0 aliphatic rings. The predicted molar refractivity (Wildman–Crippen MR) is 69.5 cm³/mol. The molecule has 0 N–H and O–H groups in total. The summed E-state index contributed by atoms with van der Waals surface area (Å²) >= 11 is 3.61. The van der Waals surface area contributed by atoms with E-state index >= 15 is 0 Å². The monoisotopic (exact) mass is 288 g/mol. The van der Waals surface area contributed by atoms with E-state index in [-0.39, 0.29) is 18.2 Å². The quantitative estimate of drug-likeness (QED) is 0.251. The summed E-state index contributed by atoms with van der Waals surface area (Å²) in [4.78, 5) is 0. The van der Waals surface area contributed by atoms with Crippen molar-refractivity contribution in [3.05, 3.63) is 12.2 Å². The highest BCUT2D eigenvalue weighted by molar-refractivity contribution is 9.23. The first-order chi connectivity index (χ1) is 7.41. The summed E-state index contributed by atoms with van der Waals surface area (Å²) in [5.41, 5.74) is 0. The second-order valence-corrected chi connectivity index (χ2v) is 6.84. The maximum Gasteiger partial charge on any atom is 0.468 e. The first-order valence-corrected chi connectivity index (χ1v) is 10.7. The second kappa shape index (κ2) is 14.9. The number of hydrogen-bond donors (Lipinski definition) is 0. The SMILES string of the molecule is CCCCOCOCC/C=C/C[CH2][Mg][Br].